The smallest absolute Gasteiger partial charge is 0.325 e. The summed E-state index contributed by atoms with van der Waals surface area (Å²) < 4.78 is 0. The lowest BCUT2D eigenvalue weighted by molar-refractivity contribution is -0.384. The van der Waals surface area contributed by atoms with Gasteiger partial charge < -0.3 is 10.6 Å². The third-order valence-electron chi connectivity index (χ3n) is 3.81. The van der Waals surface area contributed by atoms with Gasteiger partial charge in [-0.15, -0.1) is 0 Å². The third kappa shape index (κ3) is 4.33. The van der Waals surface area contributed by atoms with Crippen molar-refractivity contribution in [3.05, 3.63) is 74.9 Å². The van der Waals surface area contributed by atoms with E-state index in [0.29, 0.717) is 16.3 Å². The van der Waals surface area contributed by atoms with E-state index in [2.05, 4.69) is 10.6 Å². The van der Waals surface area contributed by atoms with Gasteiger partial charge in [-0.25, -0.2) is 9.69 Å². The highest BCUT2D eigenvalue weighted by Gasteiger charge is 2.34. The first kappa shape index (κ1) is 19.1. The molecule has 0 radical (unpaired) electrons. The monoisotopic (exact) mass is 400 g/mol. The molecule has 1 fully saturated rings. The highest BCUT2D eigenvalue weighted by molar-refractivity contribution is 6.30. The van der Waals surface area contributed by atoms with Gasteiger partial charge in [-0.1, -0.05) is 23.7 Å². The van der Waals surface area contributed by atoms with Crippen molar-refractivity contribution in [2.75, 3.05) is 11.9 Å². The van der Waals surface area contributed by atoms with Gasteiger partial charge in [0, 0.05) is 22.8 Å². The molecule has 2 aromatic carbocycles. The Kier molecular flexibility index (Phi) is 5.37. The average molecular weight is 401 g/mol. The molecule has 0 aromatic heterocycles. The van der Waals surface area contributed by atoms with Crippen molar-refractivity contribution in [1.82, 2.24) is 10.2 Å². The van der Waals surface area contributed by atoms with Gasteiger partial charge in [0.15, 0.2) is 0 Å². The van der Waals surface area contributed by atoms with Crippen LogP contribution in [-0.2, 0) is 9.59 Å². The van der Waals surface area contributed by atoms with Crippen molar-refractivity contribution < 1.29 is 19.3 Å². The lowest BCUT2D eigenvalue weighted by Gasteiger charge is -2.11. The van der Waals surface area contributed by atoms with Crippen LogP contribution >= 0.6 is 11.6 Å². The number of non-ortho nitro benzene ring substituents is 1. The largest absolute Gasteiger partial charge is 0.329 e. The molecule has 1 aliphatic rings. The summed E-state index contributed by atoms with van der Waals surface area (Å²) in [5.74, 6) is -1.26. The Balaban J connectivity index is 1.65. The fourth-order valence-electron chi connectivity index (χ4n) is 2.45. The van der Waals surface area contributed by atoms with E-state index < -0.39 is 29.3 Å². The van der Waals surface area contributed by atoms with Crippen LogP contribution in [0.5, 0.6) is 0 Å². The Bertz CT molecular complexity index is 986. The first-order valence-electron chi connectivity index (χ1n) is 7.98. The van der Waals surface area contributed by atoms with Crippen molar-refractivity contribution >= 4 is 46.9 Å². The summed E-state index contributed by atoms with van der Waals surface area (Å²) in [5, 5.41) is 16.1. The van der Waals surface area contributed by atoms with Gasteiger partial charge in [0.05, 0.1) is 4.92 Å². The molecule has 1 heterocycles. The minimum Gasteiger partial charge on any atom is -0.325 e. The van der Waals surface area contributed by atoms with Gasteiger partial charge in [0.2, 0.25) is 5.91 Å². The number of carbonyl (C=O) groups excluding carboxylic acids is 3. The van der Waals surface area contributed by atoms with E-state index in [-0.39, 0.29) is 11.4 Å². The number of benzene rings is 2. The molecule has 3 rings (SSSR count). The van der Waals surface area contributed by atoms with Crippen LogP contribution in [0.3, 0.4) is 0 Å². The predicted molar refractivity (Wildman–Crippen MR) is 101 cm³/mol. The topological polar surface area (TPSA) is 122 Å². The second-order valence-corrected chi connectivity index (χ2v) is 6.22. The number of rotatable bonds is 5. The van der Waals surface area contributed by atoms with Crippen LogP contribution in [0.15, 0.2) is 54.2 Å². The van der Waals surface area contributed by atoms with E-state index in [0.717, 1.165) is 4.90 Å². The minimum atomic E-state index is -0.718. The standard InChI is InChI=1S/C18H13ClN4O5/c19-12-3-1-11(2-4-12)9-15-17(25)22(18(26)21-15)10-16(24)20-13-5-7-14(8-6-13)23(27)28/h1-9H,10H2,(H,20,24)(H,21,26)/b15-9-. The van der Waals surface area contributed by atoms with Crippen LogP contribution in [0.2, 0.25) is 5.02 Å². The molecular weight excluding hydrogens is 388 g/mol. The Morgan fingerprint density at radius 2 is 1.79 bits per heavy atom. The Labute approximate surface area is 163 Å². The maximum atomic E-state index is 12.4. The summed E-state index contributed by atoms with van der Waals surface area (Å²) in [6.45, 7) is -0.500. The number of hydrogen-bond acceptors (Lipinski definition) is 5. The zero-order valence-electron chi connectivity index (χ0n) is 14.2. The van der Waals surface area contributed by atoms with E-state index in [1.54, 1.807) is 24.3 Å². The van der Waals surface area contributed by atoms with Gasteiger partial charge >= 0.3 is 6.03 Å². The number of nitrogens with one attached hydrogen (secondary N) is 2. The number of nitrogens with zero attached hydrogens (tertiary/aromatic N) is 2. The lowest BCUT2D eigenvalue weighted by Crippen LogP contribution is -2.38. The van der Waals surface area contributed by atoms with E-state index in [1.807, 2.05) is 0 Å². The fourth-order valence-corrected chi connectivity index (χ4v) is 2.58. The van der Waals surface area contributed by atoms with Crippen molar-refractivity contribution in [1.29, 1.82) is 0 Å². The first-order valence-corrected chi connectivity index (χ1v) is 8.36. The molecule has 1 aliphatic heterocycles. The predicted octanol–water partition coefficient (Wildman–Crippen LogP) is 2.78. The molecular formula is C18H13ClN4O5. The molecule has 0 aliphatic carbocycles. The second kappa shape index (κ2) is 7.89. The SMILES string of the molecule is O=C(CN1C(=O)N/C(=C\c2ccc(Cl)cc2)C1=O)Nc1ccc([N+](=O)[O-])cc1. The van der Waals surface area contributed by atoms with Crippen LogP contribution in [0.1, 0.15) is 5.56 Å². The maximum Gasteiger partial charge on any atom is 0.329 e. The van der Waals surface area contributed by atoms with Gasteiger partial charge in [0.1, 0.15) is 12.2 Å². The number of nitro benzene ring substituents is 1. The molecule has 2 aromatic rings. The van der Waals surface area contributed by atoms with E-state index in [1.165, 1.54) is 30.3 Å². The Morgan fingerprint density at radius 3 is 2.39 bits per heavy atom. The summed E-state index contributed by atoms with van der Waals surface area (Å²) in [6.07, 6.45) is 1.48. The van der Waals surface area contributed by atoms with Crippen molar-refractivity contribution in [2.24, 2.45) is 0 Å². The highest BCUT2D eigenvalue weighted by Crippen LogP contribution is 2.18. The number of hydrogen-bond donors (Lipinski definition) is 2. The minimum absolute atomic E-state index is 0.0375. The molecule has 0 saturated carbocycles. The maximum absolute atomic E-state index is 12.4. The van der Waals surface area contributed by atoms with E-state index in [4.69, 9.17) is 11.6 Å². The molecule has 0 spiro atoms. The lowest BCUT2D eigenvalue weighted by atomic mass is 10.2. The molecule has 0 bridgehead atoms. The molecule has 28 heavy (non-hydrogen) atoms. The van der Waals surface area contributed by atoms with E-state index >= 15 is 0 Å². The van der Waals surface area contributed by atoms with Crippen LogP contribution in [0, 0.1) is 10.1 Å². The molecule has 0 atom stereocenters. The number of amides is 4. The van der Waals surface area contributed by atoms with Crippen molar-refractivity contribution in [3.63, 3.8) is 0 Å². The molecule has 4 amide bonds. The molecule has 0 unspecified atom stereocenters. The van der Waals surface area contributed by atoms with E-state index in [9.17, 15) is 24.5 Å². The zero-order valence-corrected chi connectivity index (χ0v) is 15.0. The number of carbonyl (C=O) groups is 3. The fraction of sp³-hybridized carbons (Fsp3) is 0.0556. The van der Waals surface area contributed by atoms with Gasteiger partial charge in [-0.2, -0.15) is 0 Å². The zero-order chi connectivity index (χ0) is 20.3. The van der Waals surface area contributed by atoms with Crippen LogP contribution in [0.4, 0.5) is 16.2 Å². The molecule has 142 valence electrons. The molecule has 2 N–H and O–H groups in total. The number of halogens is 1. The van der Waals surface area contributed by atoms with Crippen LogP contribution in [0.25, 0.3) is 6.08 Å². The summed E-state index contributed by atoms with van der Waals surface area (Å²) in [5.41, 5.74) is 0.879. The summed E-state index contributed by atoms with van der Waals surface area (Å²) >= 11 is 5.81. The van der Waals surface area contributed by atoms with Crippen molar-refractivity contribution in [3.8, 4) is 0 Å². The highest BCUT2D eigenvalue weighted by atomic mass is 35.5. The second-order valence-electron chi connectivity index (χ2n) is 5.78. The van der Waals surface area contributed by atoms with Gasteiger partial charge in [-0.3, -0.25) is 19.7 Å². The quantitative estimate of drug-likeness (QED) is 0.346. The molecule has 1 saturated heterocycles. The number of anilines is 1. The summed E-state index contributed by atoms with van der Waals surface area (Å²) in [4.78, 5) is 47.4. The van der Waals surface area contributed by atoms with Crippen LogP contribution in [-0.4, -0.2) is 34.2 Å². The summed E-state index contributed by atoms with van der Waals surface area (Å²) in [7, 11) is 0. The average Bonchev–Trinajstić information content (AvgIpc) is 2.91. The summed E-state index contributed by atoms with van der Waals surface area (Å²) in [6, 6.07) is 11.1. The molecule has 9 nitrogen and oxygen atoms in total. The number of imide groups is 1. The Hall–Kier alpha value is -3.72. The normalized spacial score (nSPS) is 14.9. The van der Waals surface area contributed by atoms with Gasteiger partial charge in [-0.05, 0) is 35.9 Å². The first-order chi connectivity index (χ1) is 13.3. The third-order valence-corrected chi connectivity index (χ3v) is 4.06. The molecule has 10 heteroatoms. The number of urea groups is 1. The van der Waals surface area contributed by atoms with Crippen LogP contribution < -0.4 is 10.6 Å². The van der Waals surface area contributed by atoms with Crippen molar-refractivity contribution in [2.45, 2.75) is 0 Å². The number of nitro groups is 1. The van der Waals surface area contributed by atoms with Gasteiger partial charge in [0.25, 0.3) is 11.6 Å². The Morgan fingerprint density at radius 1 is 1.14 bits per heavy atom.